The van der Waals surface area contributed by atoms with Gasteiger partial charge in [0.1, 0.15) is 0 Å². The van der Waals surface area contributed by atoms with Crippen LogP contribution < -0.4 is 5.73 Å². The van der Waals surface area contributed by atoms with Crippen molar-refractivity contribution in [1.29, 1.82) is 0 Å². The van der Waals surface area contributed by atoms with Gasteiger partial charge >= 0.3 is 0 Å². The number of ether oxygens (including phenoxy) is 1. The zero-order valence-corrected chi connectivity index (χ0v) is 15.5. The van der Waals surface area contributed by atoms with Crippen molar-refractivity contribution in [3.63, 3.8) is 0 Å². The third kappa shape index (κ3) is 7.65. The third-order valence-electron chi connectivity index (χ3n) is 4.19. The molecular weight excluding hydrogens is 379 g/mol. The van der Waals surface area contributed by atoms with Gasteiger partial charge in [-0.1, -0.05) is 12.8 Å². The molecule has 21 heavy (non-hydrogen) atoms. The van der Waals surface area contributed by atoms with Crippen LogP contribution in [0.2, 0.25) is 0 Å². The van der Waals surface area contributed by atoms with Gasteiger partial charge in [-0.25, -0.2) is 0 Å². The van der Waals surface area contributed by atoms with Gasteiger partial charge in [-0.15, -0.1) is 24.0 Å². The average Bonchev–Trinajstić information content (AvgIpc) is 2.52. The van der Waals surface area contributed by atoms with Gasteiger partial charge < -0.3 is 20.3 Å². The first-order chi connectivity index (χ1) is 9.86. The van der Waals surface area contributed by atoms with E-state index in [0.717, 1.165) is 39.3 Å². The number of rotatable bonds is 6. The van der Waals surface area contributed by atoms with Crippen molar-refractivity contribution in [1.82, 2.24) is 9.80 Å². The van der Waals surface area contributed by atoms with E-state index in [2.05, 4.69) is 14.8 Å². The number of morpholine rings is 1. The first kappa shape index (κ1) is 19.0. The fourth-order valence-electron chi connectivity index (χ4n) is 2.89. The van der Waals surface area contributed by atoms with Gasteiger partial charge in [-0.2, -0.15) is 0 Å². The van der Waals surface area contributed by atoms with E-state index in [1.807, 2.05) is 0 Å². The van der Waals surface area contributed by atoms with Gasteiger partial charge in [0.05, 0.1) is 13.2 Å². The molecule has 0 unspecified atom stereocenters. The van der Waals surface area contributed by atoms with Crippen LogP contribution in [0.15, 0.2) is 4.99 Å². The first-order valence-corrected chi connectivity index (χ1v) is 8.21. The van der Waals surface area contributed by atoms with Crippen LogP contribution in [0.3, 0.4) is 0 Å². The minimum atomic E-state index is 0. The van der Waals surface area contributed by atoms with E-state index in [9.17, 15) is 0 Å². The van der Waals surface area contributed by atoms with Crippen LogP contribution in [0.1, 0.15) is 38.5 Å². The zero-order valence-electron chi connectivity index (χ0n) is 13.1. The molecule has 2 saturated heterocycles. The maximum absolute atomic E-state index is 5.99. The molecule has 0 aromatic rings. The molecule has 2 N–H and O–H groups in total. The highest BCUT2D eigenvalue weighted by molar-refractivity contribution is 14.0. The highest BCUT2D eigenvalue weighted by atomic mass is 127. The summed E-state index contributed by atoms with van der Waals surface area (Å²) < 4.78 is 5.31. The van der Waals surface area contributed by atoms with Crippen LogP contribution in [0.25, 0.3) is 0 Å². The molecule has 5 nitrogen and oxygen atoms in total. The molecule has 2 fully saturated rings. The summed E-state index contributed by atoms with van der Waals surface area (Å²) in [4.78, 5) is 9.21. The number of hydrogen-bond donors (Lipinski definition) is 1. The van der Waals surface area contributed by atoms with E-state index >= 15 is 0 Å². The molecule has 6 heteroatoms. The Morgan fingerprint density at radius 3 is 2.38 bits per heavy atom. The van der Waals surface area contributed by atoms with Crippen molar-refractivity contribution < 1.29 is 4.74 Å². The Morgan fingerprint density at radius 1 is 0.952 bits per heavy atom. The van der Waals surface area contributed by atoms with E-state index in [1.165, 1.54) is 51.7 Å². The molecule has 0 saturated carbocycles. The van der Waals surface area contributed by atoms with Crippen LogP contribution in [0.4, 0.5) is 0 Å². The lowest BCUT2D eigenvalue weighted by atomic mass is 10.1. The Bertz CT molecular complexity index is 289. The fourth-order valence-corrected chi connectivity index (χ4v) is 2.89. The van der Waals surface area contributed by atoms with E-state index in [1.54, 1.807) is 0 Å². The Labute approximate surface area is 146 Å². The molecule has 0 amide bonds. The van der Waals surface area contributed by atoms with E-state index in [4.69, 9.17) is 10.5 Å². The van der Waals surface area contributed by atoms with Gasteiger partial charge in [0, 0.05) is 19.6 Å². The lowest BCUT2D eigenvalue weighted by molar-refractivity contribution is 0.0674. The van der Waals surface area contributed by atoms with E-state index in [-0.39, 0.29) is 24.0 Å². The zero-order chi connectivity index (χ0) is 14.0. The first-order valence-electron chi connectivity index (χ1n) is 8.21. The number of nitrogens with two attached hydrogens (primary N) is 1. The van der Waals surface area contributed by atoms with Crippen molar-refractivity contribution in [2.75, 3.05) is 52.5 Å². The summed E-state index contributed by atoms with van der Waals surface area (Å²) in [5.74, 6) is 0.698. The second-order valence-electron chi connectivity index (χ2n) is 5.80. The average molecular weight is 410 g/mol. The van der Waals surface area contributed by atoms with E-state index in [0.29, 0.717) is 5.96 Å². The fraction of sp³-hybridized carbons (Fsp3) is 0.933. The number of guanidine groups is 1. The molecule has 2 heterocycles. The maximum Gasteiger partial charge on any atom is 0.191 e. The molecule has 0 spiro atoms. The minimum absolute atomic E-state index is 0. The molecule has 2 aliphatic rings. The number of likely N-dealkylation sites (tertiary alicyclic amines) is 1. The second-order valence-corrected chi connectivity index (χ2v) is 5.80. The number of unbranched alkanes of at least 4 members (excludes halogenated alkanes) is 2. The van der Waals surface area contributed by atoms with Gasteiger partial charge in [-0.05, 0) is 45.3 Å². The lowest BCUT2D eigenvalue weighted by Crippen LogP contribution is -2.44. The third-order valence-corrected chi connectivity index (χ3v) is 4.19. The van der Waals surface area contributed by atoms with E-state index < -0.39 is 0 Å². The van der Waals surface area contributed by atoms with Gasteiger partial charge in [0.15, 0.2) is 5.96 Å². The molecule has 0 aromatic heterocycles. The Hall–Kier alpha value is -0.0800. The van der Waals surface area contributed by atoms with Crippen LogP contribution in [-0.2, 0) is 4.74 Å². The summed E-state index contributed by atoms with van der Waals surface area (Å²) in [7, 11) is 0. The standard InChI is InChI=1S/C15H30N4O.HI/c16-15(19-11-13-20-14-12-19)17-7-3-1-4-8-18-9-5-2-6-10-18;/h1-14H2,(H2,16,17);1H. The van der Waals surface area contributed by atoms with Gasteiger partial charge in [-0.3, -0.25) is 4.99 Å². The number of aliphatic imine (C=N–C) groups is 1. The van der Waals surface area contributed by atoms with Crippen molar-refractivity contribution >= 4 is 29.9 Å². The Morgan fingerprint density at radius 2 is 1.67 bits per heavy atom. The Balaban J connectivity index is 0.00000220. The predicted molar refractivity (Wildman–Crippen MR) is 98.4 cm³/mol. The largest absolute Gasteiger partial charge is 0.378 e. The molecule has 0 atom stereocenters. The monoisotopic (exact) mass is 410 g/mol. The highest BCUT2D eigenvalue weighted by Crippen LogP contribution is 2.09. The molecule has 0 radical (unpaired) electrons. The number of halogens is 1. The number of nitrogens with zero attached hydrogens (tertiary/aromatic N) is 3. The molecule has 2 rings (SSSR count). The van der Waals surface area contributed by atoms with Crippen molar-refractivity contribution in [2.45, 2.75) is 38.5 Å². The van der Waals surface area contributed by atoms with Crippen molar-refractivity contribution in [2.24, 2.45) is 10.7 Å². The molecular formula is C15H31IN4O. The summed E-state index contributed by atoms with van der Waals surface area (Å²) >= 11 is 0. The van der Waals surface area contributed by atoms with Gasteiger partial charge in [0.25, 0.3) is 0 Å². The van der Waals surface area contributed by atoms with Crippen LogP contribution >= 0.6 is 24.0 Å². The van der Waals surface area contributed by atoms with Gasteiger partial charge in [0.2, 0.25) is 0 Å². The summed E-state index contributed by atoms with van der Waals surface area (Å²) in [6.07, 6.45) is 7.91. The molecule has 2 aliphatic heterocycles. The van der Waals surface area contributed by atoms with Crippen molar-refractivity contribution in [3.8, 4) is 0 Å². The molecule has 124 valence electrons. The molecule has 0 aromatic carbocycles. The van der Waals surface area contributed by atoms with Crippen molar-refractivity contribution in [3.05, 3.63) is 0 Å². The van der Waals surface area contributed by atoms with Crippen LogP contribution in [0.5, 0.6) is 0 Å². The molecule has 0 aliphatic carbocycles. The highest BCUT2D eigenvalue weighted by Gasteiger charge is 2.11. The van der Waals surface area contributed by atoms with Crippen LogP contribution in [-0.4, -0.2) is 68.2 Å². The number of hydrogen-bond acceptors (Lipinski definition) is 3. The minimum Gasteiger partial charge on any atom is -0.378 e. The smallest absolute Gasteiger partial charge is 0.191 e. The lowest BCUT2D eigenvalue weighted by Gasteiger charge is -2.27. The summed E-state index contributed by atoms with van der Waals surface area (Å²) in [5, 5.41) is 0. The van der Waals surface area contributed by atoms with Crippen LogP contribution in [0, 0.1) is 0 Å². The predicted octanol–water partition coefficient (Wildman–Crippen LogP) is 1.91. The summed E-state index contributed by atoms with van der Waals surface area (Å²) in [6, 6.07) is 0. The maximum atomic E-state index is 5.99. The number of piperidine rings is 1. The summed E-state index contributed by atoms with van der Waals surface area (Å²) in [6.45, 7) is 8.04. The second kappa shape index (κ2) is 11.5. The Kier molecular flexibility index (Phi) is 10.4. The quantitative estimate of drug-likeness (QED) is 0.315. The topological polar surface area (TPSA) is 54.1 Å². The SMILES string of the molecule is I.NC(=NCCCCCN1CCCCC1)N1CCOCC1. The normalized spacial score (nSPS) is 21.1. The molecule has 0 bridgehead atoms. The summed E-state index contributed by atoms with van der Waals surface area (Å²) in [5.41, 5.74) is 5.99.